The third-order valence-electron chi connectivity index (χ3n) is 2.84. The van der Waals surface area contributed by atoms with Crippen molar-refractivity contribution in [2.24, 2.45) is 0 Å². The average molecular weight is 264 g/mol. The van der Waals surface area contributed by atoms with Crippen molar-refractivity contribution in [3.05, 3.63) is 34.2 Å². The molecule has 104 valence electrons. The van der Waals surface area contributed by atoms with Crippen LogP contribution < -0.4 is 10.4 Å². The summed E-state index contributed by atoms with van der Waals surface area (Å²) in [7, 11) is 1.48. The highest BCUT2D eigenvalue weighted by molar-refractivity contribution is 5.81. The first-order valence-electron chi connectivity index (χ1n) is 5.68. The lowest BCUT2D eigenvalue weighted by Gasteiger charge is -2.17. The van der Waals surface area contributed by atoms with Gasteiger partial charge in [0.2, 0.25) is 0 Å². The van der Waals surface area contributed by atoms with E-state index in [2.05, 4.69) is 0 Å². The topological polar surface area (TPSA) is 59.7 Å². The number of benzene rings is 1. The van der Waals surface area contributed by atoms with Crippen molar-refractivity contribution in [2.75, 3.05) is 7.11 Å². The predicted octanol–water partition coefficient (Wildman–Crippen LogP) is 3.44. The summed E-state index contributed by atoms with van der Waals surface area (Å²) < 4.78 is 10.3. The second kappa shape index (κ2) is 4.96. The van der Waals surface area contributed by atoms with Crippen molar-refractivity contribution >= 4 is 11.0 Å². The van der Waals surface area contributed by atoms with Gasteiger partial charge in [-0.1, -0.05) is 28.2 Å². The fraction of sp³-hybridized carbons (Fsp3) is 0.400. The molecule has 2 rings (SSSR count). The molecule has 0 saturated heterocycles. The number of hydrogen-bond donors (Lipinski definition) is 1. The van der Waals surface area contributed by atoms with E-state index >= 15 is 0 Å². The highest BCUT2D eigenvalue weighted by atomic mass is 16.5. The van der Waals surface area contributed by atoms with E-state index in [0.717, 1.165) is 5.39 Å². The zero-order chi connectivity index (χ0) is 13.5. The van der Waals surface area contributed by atoms with Crippen LogP contribution in [0.3, 0.4) is 0 Å². The Morgan fingerprint density at radius 2 is 1.84 bits per heavy atom. The van der Waals surface area contributed by atoms with Crippen LogP contribution in [0.4, 0.5) is 0 Å². The molecule has 4 nitrogen and oxygen atoms in total. The van der Waals surface area contributed by atoms with Crippen LogP contribution in [-0.2, 0) is 5.41 Å². The molecule has 0 aliphatic rings. The number of phenolic OH excluding ortho intramolecular Hbond substituents is 1. The lowest BCUT2D eigenvalue weighted by Crippen LogP contribution is -2.21. The molecule has 0 aliphatic carbocycles. The van der Waals surface area contributed by atoms with E-state index in [-0.39, 0.29) is 24.2 Å². The normalized spacial score (nSPS) is 11.2. The van der Waals surface area contributed by atoms with Gasteiger partial charge in [0.1, 0.15) is 5.58 Å². The van der Waals surface area contributed by atoms with E-state index in [0.29, 0.717) is 16.9 Å². The maximum absolute atomic E-state index is 11.9. The largest absolute Gasteiger partial charge is 0.504 e. The maximum Gasteiger partial charge on any atom is 0.339 e. The first kappa shape index (κ1) is 15.1. The van der Waals surface area contributed by atoms with Gasteiger partial charge in [-0.3, -0.25) is 0 Å². The second-order valence-electron chi connectivity index (χ2n) is 5.26. The molecule has 1 aromatic heterocycles. The molecule has 19 heavy (non-hydrogen) atoms. The Morgan fingerprint density at radius 1 is 1.21 bits per heavy atom. The van der Waals surface area contributed by atoms with Gasteiger partial charge in [-0.15, -0.1) is 0 Å². The van der Waals surface area contributed by atoms with E-state index in [1.54, 1.807) is 12.1 Å². The molecule has 0 fully saturated rings. The minimum Gasteiger partial charge on any atom is -0.504 e. The predicted molar refractivity (Wildman–Crippen MR) is 76.1 cm³/mol. The molecule has 0 aliphatic heterocycles. The minimum atomic E-state index is -0.375. The Balaban J connectivity index is 0.00000180. The van der Waals surface area contributed by atoms with Gasteiger partial charge in [-0.05, 0) is 17.5 Å². The number of phenols is 1. The molecule has 0 amide bonds. The van der Waals surface area contributed by atoms with Crippen molar-refractivity contribution in [1.82, 2.24) is 0 Å². The highest BCUT2D eigenvalue weighted by Gasteiger charge is 2.20. The number of methoxy groups -OCH3 is 1. The van der Waals surface area contributed by atoms with Crippen LogP contribution in [0.25, 0.3) is 11.0 Å². The molecule has 0 bridgehead atoms. The second-order valence-corrected chi connectivity index (χ2v) is 5.26. The van der Waals surface area contributed by atoms with Crippen LogP contribution in [0.2, 0.25) is 0 Å². The first-order valence-corrected chi connectivity index (χ1v) is 5.68. The molecule has 0 unspecified atom stereocenters. The molecule has 2 aromatic rings. The number of aromatic hydroxyl groups is 1. The van der Waals surface area contributed by atoms with E-state index in [1.807, 2.05) is 20.8 Å². The van der Waals surface area contributed by atoms with E-state index in [9.17, 15) is 9.90 Å². The van der Waals surface area contributed by atoms with Gasteiger partial charge in [0.15, 0.2) is 11.5 Å². The van der Waals surface area contributed by atoms with Gasteiger partial charge in [-0.25, -0.2) is 4.79 Å². The van der Waals surface area contributed by atoms with Crippen LogP contribution >= 0.6 is 0 Å². The monoisotopic (exact) mass is 264 g/mol. The zero-order valence-electron chi connectivity index (χ0n) is 10.9. The van der Waals surface area contributed by atoms with Gasteiger partial charge in [-0.2, -0.15) is 0 Å². The first-order chi connectivity index (χ1) is 8.32. The standard InChI is InChI=1S/C14H16O4.CH4/c1-14(2,3)9-5-8-6-12(17-4)10(15)7-11(8)18-13(9)16;/h5-7,15H,1-4H3;1H4. The summed E-state index contributed by atoms with van der Waals surface area (Å²) in [6.07, 6.45) is 0. The number of ether oxygens (including phenoxy) is 1. The van der Waals surface area contributed by atoms with Crippen molar-refractivity contribution in [2.45, 2.75) is 33.6 Å². The van der Waals surface area contributed by atoms with Gasteiger partial charge in [0, 0.05) is 17.0 Å². The van der Waals surface area contributed by atoms with Crippen LogP contribution in [0, 0.1) is 0 Å². The summed E-state index contributed by atoms with van der Waals surface area (Å²) in [4.78, 5) is 11.9. The number of fused-ring (bicyclic) bond motifs is 1. The molecule has 1 N–H and O–H groups in total. The highest BCUT2D eigenvalue weighted by Crippen LogP contribution is 2.32. The summed E-state index contributed by atoms with van der Waals surface area (Å²) in [6, 6.07) is 4.83. The average Bonchev–Trinajstić information content (AvgIpc) is 2.26. The Kier molecular flexibility index (Phi) is 3.94. The minimum absolute atomic E-state index is 0. The number of rotatable bonds is 1. The van der Waals surface area contributed by atoms with E-state index < -0.39 is 0 Å². The summed E-state index contributed by atoms with van der Waals surface area (Å²) >= 11 is 0. The van der Waals surface area contributed by atoms with Crippen LogP contribution in [0.5, 0.6) is 11.5 Å². The molecule has 0 saturated carbocycles. The van der Waals surface area contributed by atoms with Crippen molar-refractivity contribution in [3.63, 3.8) is 0 Å². The van der Waals surface area contributed by atoms with Crippen molar-refractivity contribution in [1.29, 1.82) is 0 Å². The Morgan fingerprint density at radius 3 is 2.37 bits per heavy atom. The van der Waals surface area contributed by atoms with E-state index in [4.69, 9.17) is 9.15 Å². The fourth-order valence-corrected chi connectivity index (χ4v) is 1.82. The third kappa shape index (κ3) is 2.72. The smallest absolute Gasteiger partial charge is 0.339 e. The van der Waals surface area contributed by atoms with Crippen LogP contribution in [-0.4, -0.2) is 12.2 Å². The van der Waals surface area contributed by atoms with Gasteiger partial charge >= 0.3 is 5.63 Å². The molecule has 0 radical (unpaired) electrons. The lowest BCUT2D eigenvalue weighted by molar-refractivity contribution is 0.373. The molecule has 1 heterocycles. The zero-order valence-corrected chi connectivity index (χ0v) is 10.9. The third-order valence-corrected chi connectivity index (χ3v) is 2.84. The van der Waals surface area contributed by atoms with Crippen molar-refractivity contribution in [3.8, 4) is 11.5 Å². The Bertz CT molecular complexity index is 647. The summed E-state index contributed by atoms with van der Waals surface area (Å²) in [5.74, 6) is 0.313. The molecular weight excluding hydrogens is 244 g/mol. The van der Waals surface area contributed by atoms with Crippen LogP contribution in [0.1, 0.15) is 33.8 Å². The number of hydrogen-bond acceptors (Lipinski definition) is 4. The maximum atomic E-state index is 11.9. The Labute approximate surface area is 112 Å². The van der Waals surface area contributed by atoms with Gasteiger partial charge in [0.25, 0.3) is 0 Å². The molecule has 0 spiro atoms. The van der Waals surface area contributed by atoms with Crippen LogP contribution in [0.15, 0.2) is 27.4 Å². The Hall–Kier alpha value is -1.97. The summed E-state index contributed by atoms with van der Waals surface area (Å²) in [5, 5.41) is 10.4. The molecule has 0 atom stereocenters. The van der Waals surface area contributed by atoms with Gasteiger partial charge < -0.3 is 14.3 Å². The summed E-state index contributed by atoms with van der Waals surface area (Å²) in [5.41, 5.74) is 0.286. The SMILES string of the molecule is C.COc1cc2cc(C(C)(C)C)c(=O)oc2cc1O. The quantitative estimate of drug-likeness (QED) is 0.801. The molecule has 4 heteroatoms. The molecule has 1 aromatic carbocycles. The van der Waals surface area contributed by atoms with E-state index in [1.165, 1.54) is 13.2 Å². The molecular formula is C15H20O4. The van der Waals surface area contributed by atoms with Crippen molar-refractivity contribution < 1.29 is 14.3 Å². The summed E-state index contributed by atoms with van der Waals surface area (Å²) in [6.45, 7) is 5.84. The lowest BCUT2D eigenvalue weighted by atomic mass is 9.88. The van der Waals surface area contributed by atoms with Gasteiger partial charge in [0.05, 0.1) is 7.11 Å². The fourth-order valence-electron chi connectivity index (χ4n) is 1.82.